The number of rotatable bonds is 5. The number of hydrogen-bond donors (Lipinski definition) is 2. The first-order chi connectivity index (χ1) is 10.3. The van der Waals surface area contributed by atoms with Crippen molar-refractivity contribution in [2.45, 2.75) is 18.4 Å². The summed E-state index contributed by atoms with van der Waals surface area (Å²) in [5.41, 5.74) is 0.767. The van der Waals surface area contributed by atoms with Crippen molar-refractivity contribution in [1.82, 2.24) is 5.32 Å². The Morgan fingerprint density at radius 2 is 1.91 bits per heavy atom. The van der Waals surface area contributed by atoms with E-state index in [0.717, 1.165) is 11.3 Å². The second-order valence-corrected chi connectivity index (χ2v) is 6.25. The topological polar surface area (TPSA) is 102 Å². The zero-order valence-electron chi connectivity index (χ0n) is 11.9. The van der Waals surface area contributed by atoms with E-state index in [2.05, 4.69) is 5.32 Å². The van der Waals surface area contributed by atoms with Crippen LogP contribution in [0.4, 0.5) is 0 Å². The summed E-state index contributed by atoms with van der Waals surface area (Å²) in [4.78, 5) is 11.7. The molecule has 1 amide bonds. The highest BCUT2D eigenvalue weighted by Crippen LogP contribution is 2.09. The van der Waals surface area contributed by atoms with Gasteiger partial charge < -0.3 is 9.73 Å². The molecule has 0 saturated carbocycles. The quantitative estimate of drug-likeness (QED) is 0.816. The summed E-state index contributed by atoms with van der Waals surface area (Å²) < 4.78 is 27.5. The minimum Gasteiger partial charge on any atom is -0.462 e. The Morgan fingerprint density at radius 3 is 2.45 bits per heavy atom. The number of nitrogens with two attached hydrogens (primary N) is 1. The van der Waals surface area contributed by atoms with Crippen molar-refractivity contribution >= 4 is 22.0 Å². The monoisotopic (exact) mass is 320 g/mol. The molecule has 22 heavy (non-hydrogen) atoms. The maximum atomic E-state index is 11.7. The highest BCUT2D eigenvalue weighted by molar-refractivity contribution is 7.89. The summed E-state index contributed by atoms with van der Waals surface area (Å²) in [7, 11) is -3.70. The normalized spacial score (nSPS) is 11.7. The Labute approximate surface area is 128 Å². The molecule has 7 heteroatoms. The van der Waals surface area contributed by atoms with E-state index in [1.54, 1.807) is 24.3 Å². The fourth-order valence-electron chi connectivity index (χ4n) is 1.75. The molecule has 1 aromatic heterocycles. The van der Waals surface area contributed by atoms with Gasteiger partial charge in [-0.25, -0.2) is 13.6 Å². The van der Waals surface area contributed by atoms with Crippen molar-refractivity contribution in [2.24, 2.45) is 5.14 Å². The van der Waals surface area contributed by atoms with Gasteiger partial charge in [-0.15, -0.1) is 0 Å². The molecule has 0 saturated heterocycles. The Bertz CT molecular complexity index is 789. The van der Waals surface area contributed by atoms with E-state index in [4.69, 9.17) is 9.56 Å². The number of carbonyl (C=O) groups excluding carboxylic acids is 1. The third-order valence-electron chi connectivity index (χ3n) is 2.88. The second kappa shape index (κ2) is 6.59. The summed E-state index contributed by atoms with van der Waals surface area (Å²) in [6.45, 7) is 2.11. The first-order valence-electron chi connectivity index (χ1n) is 6.49. The Balaban J connectivity index is 1.90. The van der Waals surface area contributed by atoms with E-state index in [9.17, 15) is 13.2 Å². The summed E-state index contributed by atoms with van der Waals surface area (Å²) in [5, 5.41) is 7.70. The molecule has 0 bridgehead atoms. The molecule has 0 aliphatic heterocycles. The van der Waals surface area contributed by atoms with Gasteiger partial charge in [0.15, 0.2) is 0 Å². The van der Waals surface area contributed by atoms with Crippen LogP contribution < -0.4 is 10.5 Å². The standard InChI is InChI=1S/C15H16N2O4S/c1-11-2-5-13(21-11)6-9-15(18)17-10-12-3-7-14(8-4-12)22(16,19)20/h2-9H,10H2,1H3,(H,17,18)(H2,16,19,20)/b9-6+. The zero-order chi connectivity index (χ0) is 16.2. The molecule has 0 fully saturated rings. The number of carbonyl (C=O) groups is 1. The number of primary sulfonamides is 1. The molecule has 0 aliphatic carbocycles. The van der Waals surface area contributed by atoms with Crippen LogP contribution in [0.1, 0.15) is 17.1 Å². The van der Waals surface area contributed by atoms with E-state index in [1.807, 2.05) is 13.0 Å². The molecule has 0 radical (unpaired) electrons. The van der Waals surface area contributed by atoms with Gasteiger partial charge in [-0.1, -0.05) is 12.1 Å². The van der Waals surface area contributed by atoms with Crippen LogP contribution in [0.2, 0.25) is 0 Å². The van der Waals surface area contributed by atoms with Gasteiger partial charge in [0, 0.05) is 12.6 Å². The van der Waals surface area contributed by atoms with E-state index < -0.39 is 10.0 Å². The molecule has 0 aliphatic rings. The number of benzene rings is 1. The lowest BCUT2D eigenvalue weighted by Gasteiger charge is -2.03. The molecule has 1 heterocycles. The number of aryl methyl sites for hydroxylation is 1. The zero-order valence-corrected chi connectivity index (χ0v) is 12.8. The second-order valence-electron chi connectivity index (χ2n) is 4.69. The highest BCUT2D eigenvalue weighted by Gasteiger charge is 2.06. The van der Waals surface area contributed by atoms with Gasteiger partial charge in [0.2, 0.25) is 15.9 Å². The largest absolute Gasteiger partial charge is 0.462 e. The van der Waals surface area contributed by atoms with E-state index >= 15 is 0 Å². The van der Waals surface area contributed by atoms with Crippen LogP contribution >= 0.6 is 0 Å². The van der Waals surface area contributed by atoms with Gasteiger partial charge in [0.25, 0.3) is 0 Å². The maximum Gasteiger partial charge on any atom is 0.244 e. The molecular formula is C15H16N2O4S. The third kappa shape index (κ3) is 4.57. The predicted octanol–water partition coefficient (Wildman–Crippen LogP) is 1.57. The molecule has 2 aromatic rings. The molecule has 0 unspecified atom stereocenters. The number of hydrogen-bond acceptors (Lipinski definition) is 4. The van der Waals surface area contributed by atoms with Crippen molar-refractivity contribution in [3.05, 3.63) is 59.6 Å². The minimum absolute atomic E-state index is 0.0376. The lowest BCUT2D eigenvalue weighted by molar-refractivity contribution is -0.116. The first kappa shape index (κ1) is 16.0. The molecule has 116 valence electrons. The number of sulfonamides is 1. The average Bonchev–Trinajstić information content (AvgIpc) is 2.88. The van der Waals surface area contributed by atoms with Crippen LogP contribution in [-0.2, 0) is 21.4 Å². The fraction of sp³-hybridized carbons (Fsp3) is 0.133. The molecule has 1 aromatic carbocycles. The van der Waals surface area contributed by atoms with Crippen LogP contribution in [0.15, 0.2) is 51.8 Å². The van der Waals surface area contributed by atoms with E-state index in [-0.39, 0.29) is 17.3 Å². The van der Waals surface area contributed by atoms with Gasteiger partial charge in [0.1, 0.15) is 11.5 Å². The van der Waals surface area contributed by atoms with Crippen molar-refractivity contribution in [3.8, 4) is 0 Å². The summed E-state index contributed by atoms with van der Waals surface area (Å²) in [6, 6.07) is 9.57. The van der Waals surface area contributed by atoms with Crippen molar-refractivity contribution in [1.29, 1.82) is 0 Å². The number of nitrogens with one attached hydrogen (secondary N) is 1. The SMILES string of the molecule is Cc1ccc(/C=C/C(=O)NCc2ccc(S(N)(=O)=O)cc2)o1. The van der Waals surface area contributed by atoms with Crippen LogP contribution in [0.5, 0.6) is 0 Å². The van der Waals surface area contributed by atoms with Gasteiger partial charge in [-0.05, 0) is 42.8 Å². The number of furan rings is 1. The van der Waals surface area contributed by atoms with Gasteiger partial charge in [0.05, 0.1) is 4.90 Å². The predicted molar refractivity (Wildman–Crippen MR) is 82.1 cm³/mol. The highest BCUT2D eigenvalue weighted by atomic mass is 32.2. The Morgan fingerprint density at radius 1 is 1.23 bits per heavy atom. The third-order valence-corrected chi connectivity index (χ3v) is 3.81. The summed E-state index contributed by atoms with van der Waals surface area (Å²) in [6.07, 6.45) is 2.95. The smallest absolute Gasteiger partial charge is 0.244 e. The van der Waals surface area contributed by atoms with Gasteiger partial charge in [-0.2, -0.15) is 0 Å². The van der Waals surface area contributed by atoms with Crippen LogP contribution in [0.25, 0.3) is 6.08 Å². The maximum absolute atomic E-state index is 11.7. The number of amides is 1. The molecule has 3 N–H and O–H groups in total. The van der Waals surface area contributed by atoms with Crippen molar-refractivity contribution in [2.75, 3.05) is 0 Å². The lowest BCUT2D eigenvalue weighted by atomic mass is 10.2. The molecule has 6 nitrogen and oxygen atoms in total. The Hall–Kier alpha value is -2.38. The summed E-state index contributed by atoms with van der Waals surface area (Å²) >= 11 is 0. The molecule has 0 spiro atoms. The van der Waals surface area contributed by atoms with E-state index in [0.29, 0.717) is 5.76 Å². The molecular weight excluding hydrogens is 304 g/mol. The lowest BCUT2D eigenvalue weighted by Crippen LogP contribution is -2.20. The van der Waals surface area contributed by atoms with Crippen LogP contribution in [0, 0.1) is 6.92 Å². The molecule has 0 atom stereocenters. The van der Waals surface area contributed by atoms with Gasteiger partial charge >= 0.3 is 0 Å². The average molecular weight is 320 g/mol. The minimum atomic E-state index is -3.70. The van der Waals surface area contributed by atoms with Crippen molar-refractivity contribution < 1.29 is 17.6 Å². The molecule has 2 rings (SSSR count). The van der Waals surface area contributed by atoms with Crippen LogP contribution in [-0.4, -0.2) is 14.3 Å². The summed E-state index contributed by atoms with van der Waals surface area (Å²) in [5.74, 6) is 1.10. The Kier molecular flexibility index (Phi) is 4.79. The fourth-order valence-corrected chi connectivity index (χ4v) is 2.26. The van der Waals surface area contributed by atoms with E-state index in [1.165, 1.54) is 18.2 Å². The first-order valence-corrected chi connectivity index (χ1v) is 8.03. The van der Waals surface area contributed by atoms with Gasteiger partial charge in [-0.3, -0.25) is 4.79 Å². The van der Waals surface area contributed by atoms with Crippen molar-refractivity contribution in [3.63, 3.8) is 0 Å². The van der Waals surface area contributed by atoms with Crippen LogP contribution in [0.3, 0.4) is 0 Å².